The third kappa shape index (κ3) is 56.9. The number of carbonyl (C=O) groups is 4. The number of ether oxygens (including phenoxy) is 4. The van der Waals surface area contributed by atoms with Gasteiger partial charge < -0.3 is 33.8 Å². The molecule has 0 saturated carbocycles. The van der Waals surface area contributed by atoms with Crippen molar-refractivity contribution in [3.8, 4) is 0 Å². The number of phosphoric acid groups is 2. The van der Waals surface area contributed by atoms with Gasteiger partial charge in [-0.05, 0) is 31.6 Å². The molecule has 0 aliphatic rings. The normalized spacial score (nSPS) is 14.3. The Balaban J connectivity index is 5.22. The summed E-state index contributed by atoms with van der Waals surface area (Å²) in [5, 5.41) is 10.5. The Hall–Kier alpha value is -1.94. The van der Waals surface area contributed by atoms with Crippen LogP contribution in [0, 0.1) is 5.92 Å². The predicted octanol–water partition coefficient (Wildman–Crippen LogP) is 17.0. The van der Waals surface area contributed by atoms with Gasteiger partial charge in [-0.15, -0.1) is 0 Å². The lowest BCUT2D eigenvalue weighted by Crippen LogP contribution is -2.30. The number of phosphoric ester groups is 2. The fourth-order valence-corrected chi connectivity index (χ4v) is 10.8. The van der Waals surface area contributed by atoms with Crippen LogP contribution in [0.3, 0.4) is 0 Å². The highest BCUT2D eigenvalue weighted by molar-refractivity contribution is 7.47. The van der Waals surface area contributed by atoms with Crippen LogP contribution in [0.25, 0.3) is 0 Å². The van der Waals surface area contributed by atoms with Gasteiger partial charge in [0.2, 0.25) is 0 Å². The lowest BCUT2D eigenvalue weighted by atomic mass is 10.0. The van der Waals surface area contributed by atoms with Crippen LogP contribution in [-0.2, 0) is 65.4 Å². The molecule has 0 heterocycles. The van der Waals surface area contributed by atoms with Crippen LogP contribution in [0.15, 0.2) is 0 Å². The van der Waals surface area contributed by atoms with Crippen LogP contribution >= 0.6 is 15.6 Å². The molecule has 0 saturated heterocycles. The smallest absolute Gasteiger partial charge is 0.462 e. The van der Waals surface area contributed by atoms with Crippen molar-refractivity contribution in [2.24, 2.45) is 5.92 Å². The number of hydrogen-bond acceptors (Lipinski definition) is 15. The molecular formula is C62H120O17P2. The maximum absolute atomic E-state index is 12.9. The van der Waals surface area contributed by atoms with E-state index in [9.17, 15) is 43.2 Å². The summed E-state index contributed by atoms with van der Waals surface area (Å²) < 4.78 is 67.8. The number of aliphatic hydroxyl groups excluding tert-OH is 1. The standard InChI is InChI=1S/C62H120O17P2/c1-6-9-12-15-18-20-22-26-31-36-41-46-60(65)73-52-58(79-62(67)48-43-38-33-28-24-25-30-34-39-44-55(4)5)54-77-81(70,71)75-50-56(63)49-74-80(68,69)76-53-57(51-72-59(64)45-40-35-29-17-14-11-8-3)78-61(66)47-42-37-32-27-23-21-19-16-13-10-7-2/h55-58,63H,6-54H2,1-5H3,(H,68,69)(H,70,71)/t56-,57+,58+/m0/s1. The fraction of sp³-hybridized carbons (Fsp3) is 0.935. The van der Waals surface area contributed by atoms with Crippen molar-refractivity contribution in [2.75, 3.05) is 39.6 Å². The molecule has 0 fully saturated rings. The Morgan fingerprint density at radius 3 is 0.840 bits per heavy atom. The SMILES string of the molecule is CCCCCCCCCCCCCC(=O)OC[C@H](COP(=O)(O)OC[C@@H](O)COP(=O)(O)OC[C@@H](COC(=O)CCCCCCCCC)OC(=O)CCCCCCCCCCCCC)OC(=O)CCCCCCCCCCCC(C)C. The Morgan fingerprint density at radius 1 is 0.333 bits per heavy atom. The van der Waals surface area contributed by atoms with Gasteiger partial charge in [0, 0.05) is 25.7 Å². The Kier molecular flexibility index (Phi) is 54.6. The van der Waals surface area contributed by atoms with E-state index in [2.05, 4.69) is 34.6 Å². The zero-order chi connectivity index (χ0) is 59.9. The van der Waals surface area contributed by atoms with Gasteiger partial charge >= 0.3 is 39.5 Å². The van der Waals surface area contributed by atoms with Gasteiger partial charge in [-0.2, -0.15) is 0 Å². The largest absolute Gasteiger partial charge is 0.472 e. The minimum absolute atomic E-state index is 0.106. The molecule has 0 aromatic carbocycles. The van der Waals surface area contributed by atoms with Crippen LogP contribution in [-0.4, -0.2) is 96.7 Å². The molecule has 0 bridgehead atoms. The van der Waals surface area contributed by atoms with Crippen molar-refractivity contribution in [3.63, 3.8) is 0 Å². The van der Waals surface area contributed by atoms with Crippen molar-refractivity contribution in [2.45, 2.75) is 329 Å². The molecule has 0 rings (SSSR count). The Morgan fingerprint density at radius 2 is 0.568 bits per heavy atom. The summed E-state index contributed by atoms with van der Waals surface area (Å²) in [6.45, 7) is 7.11. The highest BCUT2D eigenvalue weighted by Gasteiger charge is 2.30. The summed E-state index contributed by atoms with van der Waals surface area (Å²) in [6.07, 6.45) is 38.9. The van der Waals surface area contributed by atoms with Crippen LogP contribution in [0.4, 0.5) is 0 Å². The van der Waals surface area contributed by atoms with E-state index in [1.807, 2.05) is 0 Å². The molecule has 0 spiro atoms. The van der Waals surface area contributed by atoms with E-state index in [1.54, 1.807) is 0 Å². The molecule has 19 heteroatoms. The fourth-order valence-electron chi connectivity index (χ4n) is 9.23. The second-order valence-electron chi connectivity index (χ2n) is 22.9. The molecule has 3 N–H and O–H groups in total. The molecule has 17 nitrogen and oxygen atoms in total. The summed E-state index contributed by atoms with van der Waals surface area (Å²) in [4.78, 5) is 72.0. The van der Waals surface area contributed by atoms with Crippen molar-refractivity contribution in [1.82, 2.24) is 0 Å². The number of aliphatic hydroxyl groups is 1. The van der Waals surface area contributed by atoms with Crippen molar-refractivity contribution >= 4 is 39.5 Å². The van der Waals surface area contributed by atoms with E-state index in [0.29, 0.717) is 25.7 Å². The first kappa shape index (κ1) is 79.1. The third-order valence-corrected chi connectivity index (χ3v) is 16.2. The Labute approximate surface area is 492 Å². The van der Waals surface area contributed by atoms with E-state index >= 15 is 0 Å². The van der Waals surface area contributed by atoms with Gasteiger partial charge in [0.05, 0.1) is 26.4 Å². The van der Waals surface area contributed by atoms with Gasteiger partial charge in [0.15, 0.2) is 12.2 Å². The van der Waals surface area contributed by atoms with Gasteiger partial charge in [-0.1, -0.05) is 259 Å². The monoisotopic (exact) mass is 1200 g/mol. The van der Waals surface area contributed by atoms with E-state index in [0.717, 1.165) is 109 Å². The first-order valence-corrected chi connectivity index (χ1v) is 35.6. The molecule has 480 valence electrons. The summed E-state index contributed by atoms with van der Waals surface area (Å²) in [5.41, 5.74) is 0. The minimum Gasteiger partial charge on any atom is -0.462 e. The molecule has 2 unspecified atom stereocenters. The quantitative estimate of drug-likeness (QED) is 0.0222. The molecule has 0 radical (unpaired) electrons. The van der Waals surface area contributed by atoms with Gasteiger partial charge in [-0.25, -0.2) is 9.13 Å². The van der Waals surface area contributed by atoms with Crippen LogP contribution < -0.4 is 0 Å². The van der Waals surface area contributed by atoms with Crippen LogP contribution in [0.1, 0.15) is 311 Å². The van der Waals surface area contributed by atoms with Crippen molar-refractivity contribution in [3.05, 3.63) is 0 Å². The zero-order valence-electron chi connectivity index (χ0n) is 51.9. The topological polar surface area (TPSA) is 237 Å². The van der Waals surface area contributed by atoms with Crippen LogP contribution in [0.2, 0.25) is 0 Å². The second-order valence-corrected chi connectivity index (χ2v) is 25.8. The average molecular weight is 1200 g/mol. The molecular weight excluding hydrogens is 1080 g/mol. The predicted molar refractivity (Wildman–Crippen MR) is 322 cm³/mol. The molecule has 0 aromatic rings. The van der Waals surface area contributed by atoms with Gasteiger partial charge in [-0.3, -0.25) is 37.3 Å². The maximum atomic E-state index is 12.9. The number of hydrogen-bond donors (Lipinski definition) is 3. The molecule has 81 heavy (non-hydrogen) atoms. The van der Waals surface area contributed by atoms with E-state index in [4.69, 9.17) is 37.0 Å². The average Bonchev–Trinajstić information content (AvgIpc) is 3.43. The first-order valence-electron chi connectivity index (χ1n) is 32.6. The minimum atomic E-state index is -4.94. The Bertz CT molecular complexity index is 1580. The lowest BCUT2D eigenvalue weighted by Gasteiger charge is -2.21. The molecule has 0 aliphatic heterocycles. The van der Waals surface area contributed by atoms with E-state index in [-0.39, 0.29) is 25.7 Å². The summed E-state index contributed by atoms with van der Waals surface area (Å²) >= 11 is 0. The summed E-state index contributed by atoms with van der Waals surface area (Å²) in [7, 11) is -9.88. The van der Waals surface area contributed by atoms with Crippen molar-refractivity contribution in [1.29, 1.82) is 0 Å². The van der Waals surface area contributed by atoms with Crippen LogP contribution in [0.5, 0.6) is 0 Å². The number of esters is 4. The lowest BCUT2D eigenvalue weighted by molar-refractivity contribution is -0.161. The van der Waals surface area contributed by atoms with Crippen molar-refractivity contribution < 1.29 is 80.2 Å². The second kappa shape index (κ2) is 55.9. The number of rotatable bonds is 62. The molecule has 5 atom stereocenters. The van der Waals surface area contributed by atoms with E-state index in [1.165, 1.54) is 122 Å². The zero-order valence-corrected chi connectivity index (χ0v) is 53.7. The maximum Gasteiger partial charge on any atom is 0.472 e. The number of carbonyl (C=O) groups excluding carboxylic acids is 4. The number of unbranched alkanes of at least 4 members (excludes halogenated alkanes) is 34. The molecule has 0 amide bonds. The molecule has 0 aliphatic carbocycles. The highest BCUT2D eigenvalue weighted by Crippen LogP contribution is 2.45. The van der Waals surface area contributed by atoms with Gasteiger partial charge in [0.25, 0.3) is 0 Å². The van der Waals surface area contributed by atoms with E-state index < -0.39 is 97.5 Å². The summed E-state index contributed by atoms with van der Waals surface area (Å²) in [5.74, 6) is -1.40. The van der Waals surface area contributed by atoms with Gasteiger partial charge in [0.1, 0.15) is 19.3 Å². The third-order valence-electron chi connectivity index (χ3n) is 14.3. The highest BCUT2D eigenvalue weighted by atomic mass is 31.2. The summed E-state index contributed by atoms with van der Waals surface area (Å²) in [6, 6.07) is 0. The first-order chi connectivity index (χ1) is 39.0. The molecule has 0 aromatic heterocycles.